The standard InChI is InChI=1S/C10H20N2O3S/c1-3-4-12-10(13)8(2)16(14,15)7-9-5-11-6-9/h8-9,11H,3-7H2,1-2H3,(H,12,13). The fourth-order valence-corrected chi connectivity index (χ4v) is 3.09. The van der Waals surface area contributed by atoms with Gasteiger partial charge in [-0.15, -0.1) is 0 Å². The molecule has 16 heavy (non-hydrogen) atoms. The zero-order valence-corrected chi connectivity index (χ0v) is 10.6. The highest BCUT2D eigenvalue weighted by molar-refractivity contribution is 7.92. The topological polar surface area (TPSA) is 75.3 Å². The van der Waals surface area contributed by atoms with Gasteiger partial charge in [0.2, 0.25) is 5.91 Å². The van der Waals surface area contributed by atoms with Gasteiger partial charge in [0, 0.05) is 19.6 Å². The Balaban J connectivity index is 2.49. The van der Waals surface area contributed by atoms with Crippen molar-refractivity contribution in [3.05, 3.63) is 0 Å². The number of amides is 1. The molecule has 1 heterocycles. The smallest absolute Gasteiger partial charge is 0.238 e. The molecule has 0 spiro atoms. The minimum atomic E-state index is -3.30. The molecule has 2 N–H and O–H groups in total. The summed E-state index contributed by atoms with van der Waals surface area (Å²) in [7, 11) is -3.30. The average molecular weight is 248 g/mol. The Labute approximate surface area is 96.9 Å². The van der Waals surface area contributed by atoms with Crippen LogP contribution < -0.4 is 10.6 Å². The SMILES string of the molecule is CCCNC(=O)C(C)S(=O)(=O)CC1CNC1. The maximum absolute atomic E-state index is 11.8. The van der Waals surface area contributed by atoms with E-state index in [-0.39, 0.29) is 17.6 Å². The van der Waals surface area contributed by atoms with Crippen LogP contribution in [0.2, 0.25) is 0 Å². The van der Waals surface area contributed by atoms with Gasteiger partial charge in [0.1, 0.15) is 5.25 Å². The number of sulfone groups is 1. The Morgan fingerprint density at radius 1 is 1.50 bits per heavy atom. The molecule has 0 aromatic rings. The van der Waals surface area contributed by atoms with Crippen molar-refractivity contribution in [1.29, 1.82) is 0 Å². The lowest BCUT2D eigenvalue weighted by Crippen LogP contribution is -2.48. The molecule has 0 aromatic heterocycles. The lowest BCUT2D eigenvalue weighted by Gasteiger charge is -2.27. The number of carbonyl (C=O) groups excluding carboxylic acids is 1. The summed E-state index contributed by atoms with van der Waals surface area (Å²) in [5.41, 5.74) is 0. The van der Waals surface area contributed by atoms with Crippen molar-refractivity contribution in [3.63, 3.8) is 0 Å². The van der Waals surface area contributed by atoms with Crippen LogP contribution in [0.1, 0.15) is 20.3 Å². The Hall–Kier alpha value is -0.620. The van der Waals surface area contributed by atoms with Gasteiger partial charge in [-0.3, -0.25) is 4.79 Å². The molecule has 1 saturated heterocycles. The first-order chi connectivity index (χ1) is 7.47. The van der Waals surface area contributed by atoms with Crippen LogP contribution in [0.15, 0.2) is 0 Å². The number of nitrogens with one attached hydrogen (secondary N) is 2. The number of hydrogen-bond donors (Lipinski definition) is 2. The molecule has 1 rings (SSSR count). The molecular weight excluding hydrogens is 228 g/mol. The second kappa shape index (κ2) is 5.63. The first kappa shape index (κ1) is 13.4. The van der Waals surface area contributed by atoms with Gasteiger partial charge in [-0.25, -0.2) is 8.42 Å². The van der Waals surface area contributed by atoms with Gasteiger partial charge < -0.3 is 10.6 Å². The highest BCUT2D eigenvalue weighted by Crippen LogP contribution is 2.11. The second-order valence-electron chi connectivity index (χ2n) is 4.29. The van der Waals surface area contributed by atoms with Crippen molar-refractivity contribution in [2.45, 2.75) is 25.5 Å². The molecule has 1 atom stereocenters. The van der Waals surface area contributed by atoms with E-state index in [9.17, 15) is 13.2 Å². The number of rotatable bonds is 6. The minimum Gasteiger partial charge on any atom is -0.355 e. The molecule has 0 bridgehead atoms. The molecule has 1 fully saturated rings. The van der Waals surface area contributed by atoms with Crippen molar-refractivity contribution in [2.75, 3.05) is 25.4 Å². The molecule has 1 amide bonds. The predicted molar refractivity (Wildman–Crippen MR) is 62.9 cm³/mol. The summed E-state index contributed by atoms with van der Waals surface area (Å²) in [6.07, 6.45) is 0.811. The maximum atomic E-state index is 11.8. The molecule has 1 unspecified atom stereocenters. The summed E-state index contributed by atoms with van der Waals surface area (Å²) in [5.74, 6) is -0.0960. The van der Waals surface area contributed by atoms with Gasteiger partial charge in [-0.05, 0) is 19.3 Å². The molecule has 0 saturated carbocycles. The van der Waals surface area contributed by atoms with Gasteiger partial charge >= 0.3 is 0 Å². The third-order valence-electron chi connectivity index (χ3n) is 2.79. The fraction of sp³-hybridized carbons (Fsp3) is 0.900. The summed E-state index contributed by atoms with van der Waals surface area (Å²) in [6.45, 7) is 5.40. The summed E-state index contributed by atoms with van der Waals surface area (Å²) in [4.78, 5) is 11.5. The monoisotopic (exact) mass is 248 g/mol. The first-order valence-electron chi connectivity index (χ1n) is 5.67. The lowest BCUT2D eigenvalue weighted by atomic mass is 10.1. The average Bonchev–Trinajstić information content (AvgIpc) is 2.19. The number of hydrogen-bond acceptors (Lipinski definition) is 4. The highest BCUT2D eigenvalue weighted by Gasteiger charge is 2.32. The van der Waals surface area contributed by atoms with Crippen LogP contribution in [0.25, 0.3) is 0 Å². The van der Waals surface area contributed by atoms with Crippen molar-refractivity contribution in [3.8, 4) is 0 Å². The van der Waals surface area contributed by atoms with E-state index in [1.54, 1.807) is 0 Å². The zero-order valence-electron chi connectivity index (χ0n) is 9.82. The van der Waals surface area contributed by atoms with Crippen LogP contribution in [-0.4, -0.2) is 45.0 Å². The molecule has 0 aromatic carbocycles. The fourth-order valence-electron chi connectivity index (χ4n) is 1.49. The van der Waals surface area contributed by atoms with E-state index in [2.05, 4.69) is 10.6 Å². The van der Waals surface area contributed by atoms with E-state index in [1.165, 1.54) is 6.92 Å². The molecule has 1 aliphatic rings. The third kappa shape index (κ3) is 3.45. The van der Waals surface area contributed by atoms with Crippen LogP contribution in [0.3, 0.4) is 0 Å². The van der Waals surface area contributed by atoms with E-state index in [4.69, 9.17) is 0 Å². The van der Waals surface area contributed by atoms with Crippen LogP contribution in [0, 0.1) is 5.92 Å². The molecule has 0 aliphatic carbocycles. The minimum absolute atomic E-state index is 0.112. The molecular formula is C10H20N2O3S. The number of carbonyl (C=O) groups is 1. The summed E-state index contributed by atoms with van der Waals surface area (Å²) >= 11 is 0. The Kier molecular flexibility index (Phi) is 4.73. The van der Waals surface area contributed by atoms with Crippen molar-refractivity contribution in [2.24, 2.45) is 5.92 Å². The Morgan fingerprint density at radius 2 is 2.12 bits per heavy atom. The Bertz CT molecular complexity index is 336. The van der Waals surface area contributed by atoms with E-state index in [1.807, 2.05) is 6.92 Å². The van der Waals surface area contributed by atoms with E-state index in [0.29, 0.717) is 6.54 Å². The van der Waals surface area contributed by atoms with Gasteiger partial charge in [0.05, 0.1) is 5.75 Å². The van der Waals surface area contributed by atoms with Gasteiger partial charge in [-0.2, -0.15) is 0 Å². The van der Waals surface area contributed by atoms with E-state index < -0.39 is 15.1 Å². The van der Waals surface area contributed by atoms with Crippen molar-refractivity contribution in [1.82, 2.24) is 10.6 Å². The van der Waals surface area contributed by atoms with Crippen molar-refractivity contribution < 1.29 is 13.2 Å². The zero-order chi connectivity index (χ0) is 12.2. The Morgan fingerprint density at radius 3 is 2.56 bits per heavy atom. The van der Waals surface area contributed by atoms with Gasteiger partial charge in [0.15, 0.2) is 9.84 Å². The van der Waals surface area contributed by atoms with Crippen LogP contribution >= 0.6 is 0 Å². The second-order valence-corrected chi connectivity index (χ2v) is 6.65. The maximum Gasteiger partial charge on any atom is 0.238 e. The van der Waals surface area contributed by atoms with E-state index >= 15 is 0 Å². The quantitative estimate of drug-likeness (QED) is 0.667. The first-order valence-corrected chi connectivity index (χ1v) is 7.39. The van der Waals surface area contributed by atoms with E-state index in [0.717, 1.165) is 19.5 Å². The predicted octanol–water partition coefficient (Wildman–Crippen LogP) is -0.465. The molecule has 5 nitrogen and oxygen atoms in total. The molecule has 94 valence electrons. The largest absolute Gasteiger partial charge is 0.355 e. The summed E-state index contributed by atoms with van der Waals surface area (Å²) in [5, 5.41) is 4.70. The van der Waals surface area contributed by atoms with Crippen LogP contribution in [0.5, 0.6) is 0 Å². The summed E-state index contributed by atoms with van der Waals surface area (Å²) < 4.78 is 23.7. The molecule has 6 heteroatoms. The normalized spacial score (nSPS) is 18.9. The van der Waals surface area contributed by atoms with Crippen LogP contribution in [0.4, 0.5) is 0 Å². The van der Waals surface area contributed by atoms with Crippen LogP contribution in [-0.2, 0) is 14.6 Å². The van der Waals surface area contributed by atoms with Crippen molar-refractivity contribution >= 4 is 15.7 Å². The third-order valence-corrected chi connectivity index (χ3v) is 5.02. The molecule has 1 aliphatic heterocycles. The lowest BCUT2D eigenvalue weighted by molar-refractivity contribution is -0.120. The highest BCUT2D eigenvalue weighted by atomic mass is 32.2. The van der Waals surface area contributed by atoms with Gasteiger partial charge in [-0.1, -0.05) is 6.92 Å². The summed E-state index contributed by atoms with van der Waals surface area (Å²) in [6, 6.07) is 0. The molecule has 0 radical (unpaired) electrons. The van der Waals surface area contributed by atoms with Gasteiger partial charge in [0.25, 0.3) is 0 Å².